The number of tetrazole rings is 2. The molecule has 0 radical (unpaired) electrons. The summed E-state index contributed by atoms with van der Waals surface area (Å²) in [7, 11) is 3.16. The van der Waals surface area contributed by atoms with E-state index in [0.29, 0.717) is 89.6 Å². The summed E-state index contributed by atoms with van der Waals surface area (Å²) in [5.74, 6) is 1.51. The van der Waals surface area contributed by atoms with Crippen LogP contribution in [0.25, 0.3) is 0 Å². The van der Waals surface area contributed by atoms with Crippen molar-refractivity contribution in [1.29, 1.82) is 0 Å². The molecule has 0 unspecified atom stereocenters. The molecule has 0 bridgehead atoms. The Hall–Kier alpha value is -3.89. The lowest BCUT2D eigenvalue weighted by Crippen LogP contribution is -2.47. The molecular formula is C20H39N17O4. The summed E-state index contributed by atoms with van der Waals surface area (Å²) in [6, 6.07) is 0. The van der Waals surface area contributed by atoms with Gasteiger partial charge in [-0.2, -0.15) is 0 Å². The zero-order valence-corrected chi connectivity index (χ0v) is 23.3. The number of hydrazone groups is 1. The first kappa shape index (κ1) is 31.6. The van der Waals surface area contributed by atoms with E-state index in [9.17, 15) is 9.59 Å². The number of carbonyl (C=O) groups excluding carboxylic acids is 2. The molecule has 41 heavy (non-hydrogen) atoms. The summed E-state index contributed by atoms with van der Waals surface area (Å²) < 4.78 is 10.0. The van der Waals surface area contributed by atoms with Gasteiger partial charge in [0.05, 0.1) is 45.9 Å². The van der Waals surface area contributed by atoms with Gasteiger partial charge < -0.3 is 20.1 Å². The number of nitrogens with zero attached hydrogens (tertiary/aromatic N) is 10. The molecule has 7 N–H and O–H groups in total. The van der Waals surface area contributed by atoms with Crippen LogP contribution in [0.2, 0.25) is 0 Å². The minimum absolute atomic E-state index is 0.126. The van der Waals surface area contributed by atoms with Gasteiger partial charge in [-0.05, 0) is 20.9 Å². The molecule has 0 aliphatic carbocycles. The smallest absolute Gasteiger partial charge is 0.234 e. The van der Waals surface area contributed by atoms with Crippen molar-refractivity contribution in [2.24, 2.45) is 5.10 Å². The highest BCUT2D eigenvalue weighted by Crippen LogP contribution is 2.03. The zero-order chi connectivity index (χ0) is 29.1. The van der Waals surface area contributed by atoms with Gasteiger partial charge in [0.2, 0.25) is 11.8 Å². The first-order valence-electron chi connectivity index (χ1n) is 13.0. The fraction of sp³-hybridized carbons (Fsp3) is 0.750. The number of ether oxygens (including phenoxy) is 2. The van der Waals surface area contributed by atoms with Crippen LogP contribution in [-0.4, -0.2) is 160 Å². The molecule has 2 aromatic heterocycles. The van der Waals surface area contributed by atoms with Gasteiger partial charge in [0.1, 0.15) is 0 Å². The van der Waals surface area contributed by atoms with Crippen molar-refractivity contribution in [3.63, 3.8) is 0 Å². The Morgan fingerprint density at radius 2 is 1.27 bits per heavy atom. The molecule has 0 spiro atoms. The Morgan fingerprint density at radius 3 is 1.73 bits per heavy atom. The fourth-order valence-corrected chi connectivity index (χ4v) is 3.79. The molecule has 0 atom stereocenters. The topological polar surface area (TPSA) is 244 Å². The SMILES string of the molecule is COCCNC(=O)CN(CCN(CCN(CC(=O)NCCOC)Cc1nnn[nH]1)Cc1nnn[nH]1)CC1=NNNN1. The number of carbonyl (C=O) groups is 2. The number of hydrazine groups is 2. The predicted octanol–water partition coefficient (Wildman–Crippen LogP) is -5.23. The predicted molar refractivity (Wildman–Crippen MR) is 142 cm³/mol. The van der Waals surface area contributed by atoms with Gasteiger partial charge in [-0.1, -0.05) is 0 Å². The van der Waals surface area contributed by atoms with Crippen molar-refractivity contribution in [2.75, 3.05) is 86.3 Å². The maximum absolute atomic E-state index is 12.5. The van der Waals surface area contributed by atoms with Crippen molar-refractivity contribution >= 4 is 17.6 Å². The number of amides is 2. The number of aromatic nitrogens is 8. The van der Waals surface area contributed by atoms with Crippen LogP contribution in [0.1, 0.15) is 11.6 Å². The van der Waals surface area contributed by atoms with Crippen molar-refractivity contribution < 1.29 is 19.1 Å². The van der Waals surface area contributed by atoms with Crippen LogP contribution in [0.5, 0.6) is 0 Å². The lowest BCUT2D eigenvalue weighted by Gasteiger charge is -2.29. The van der Waals surface area contributed by atoms with Crippen molar-refractivity contribution in [1.82, 2.24) is 83.1 Å². The normalized spacial score (nSPS) is 13.0. The summed E-state index contributed by atoms with van der Waals surface area (Å²) in [6.45, 7) is 5.35. The summed E-state index contributed by atoms with van der Waals surface area (Å²) in [6.07, 6.45) is 0. The maximum atomic E-state index is 12.5. The van der Waals surface area contributed by atoms with Crippen LogP contribution in [0.3, 0.4) is 0 Å². The molecule has 0 saturated heterocycles. The number of hydrogen-bond donors (Lipinski definition) is 7. The van der Waals surface area contributed by atoms with E-state index in [-0.39, 0.29) is 24.9 Å². The van der Waals surface area contributed by atoms with Crippen LogP contribution < -0.4 is 27.1 Å². The standard InChI is InChI=1S/C20H39N17O4/c1-40-9-3-21-19(38)14-36(12-17-25-31-32-26-17)7-5-35(11-16-23-29-30-24-16)6-8-37(13-18-27-33-34-28-18)15-20(39)22-4-10-41-2/h31-32H,3-15H2,1-2H3,(H,21,38)(H,22,39)(H,25,26)(H,23,24,29,30)(H,27,28,33,34). The quantitative estimate of drug-likeness (QED) is 0.0642. The number of nitrogens with one attached hydrogen (secondary N) is 7. The Morgan fingerprint density at radius 1 is 0.756 bits per heavy atom. The molecule has 1 aliphatic heterocycles. The third-order valence-electron chi connectivity index (χ3n) is 5.81. The molecule has 3 rings (SSSR count). The van der Waals surface area contributed by atoms with E-state index in [2.05, 4.69) is 78.4 Å². The molecule has 21 heteroatoms. The number of H-pyrrole nitrogens is 2. The Labute approximate surface area is 236 Å². The number of rotatable bonds is 22. The second-order valence-electron chi connectivity index (χ2n) is 9.00. The second kappa shape index (κ2) is 18.5. The highest BCUT2D eigenvalue weighted by atomic mass is 16.5. The molecular weight excluding hydrogens is 542 g/mol. The average molecular weight is 582 g/mol. The van der Waals surface area contributed by atoms with Crippen LogP contribution in [0.15, 0.2) is 5.10 Å². The van der Waals surface area contributed by atoms with Gasteiger partial charge in [-0.3, -0.25) is 29.7 Å². The van der Waals surface area contributed by atoms with E-state index in [0.717, 1.165) is 0 Å². The Bertz CT molecular complexity index is 1020. The summed E-state index contributed by atoms with van der Waals surface area (Å²) in [5, 5.41) is 37.9. The van der Waals surface area contributed by atoms with Gasteiger partial charge in [-0.15, -0.1) is 20.8 Å². The average Bonchev–Trinajstić information content (AvgIpc) is 3.75. The summed E-state index contributed by atoms with van der Waals surface area (Å²) in [4.78, 5) is 31.1. The van der Waals surface area contributed by atoms with E-state index in [1.165, 1.54) is 0 Å². The lowest BCUT2D eigenvalue weighted by molar-refractivity contribution is -0.123. The number of amidine groups is 1. The van der Waals surface area contributed by atoms with Gasteiger partial charge in [-0.25, -0.2) is 15.7 Å². The van der Waals surface area contributed by atoms with Gasteiger partial charge >= 0.3 is 0 Å². The minimum atomic E-state index is -0.141. The van der Waals surface area contributed by atoms with E-state index in [1.807, 2.05) is 9.80 Å². The van der Waals surface area contributed by atoms with Gasteiger partial charge in [0.25, 0.3) is 0 Å². The first-order chi connectivity index (χ1) is 20.1. The minimum Gasteiger partial charge on any atom is -0.383 e. The van der Waals surface area contributed by atoms with Crippen LogP contribution in [0.4, 0.5) is 0 Å². The molecule has 228 valence electrons. The summed E-state index contributed by atoms with van der Waals surface area (Å²) in [5.41, 5.74) is 8.25. The third kappa shape index (κ3) is 12.9. The molecule has 2 aromatic rings. The molecule has 3 heterocycles. The van der Waals surface area contributed by atoms with E-state index >= 15 is 0 Å². The number of hydrogen-bond acceptors (Lipinski definition) is 17. The lowest BCUT2D eigenvalue weighted by atomic mass is 10.3. The van der Waals surface area contributed by atoms with Crippen molar-refractivity contribution in [3.05, 3.63) is 11.6 Å². The van der Waals surface area contributed by atoms with E-state index < -0.39 is 0 Å². The van der Waals surface area contributed by atoms with Crippen molar-refractivity contribution in [2.45, 2.75) is 13.1 Å². The maximum Gasteiger partial charge on any atom is 0.234 e. The largest absolute Gasteiger partial charge is 0.383 e. The number of aromatic amines is 2. The highest BCUT2D eigenvalue weighted by Gasteiger charge is 2.20. The molecule has 0 fully saturated rings. The summed E-state index contributed by atoms with van der Waals surface area (Å²) >= 11 is 0. The van der Waals surface area contributed by atoms with Crippen LogP contribution in [0, 0.1) is 0 Å². The monoisotopic (exact) mass is 581 g/mol. The Kier molecular flexibility index (Phi) is 14.2. The molecule has 2 amide bonds. The van der Waals surface area contributed by atoms with Crippen LogP contribution in [-0.2, 0) is 32.2 Å². The fourth-order valence-electron chi connectivity index (χ4n) is 3.79. The Balaban J connectivity index is 1.62. The second-order valence-corrected chi connectivity index (χ2v) is 9.00. The van der Waals surface area contributed by atoms with Gasteiger partial charge in [0.15, 0.2) is 17.5 Å². The zero-order valence-electron chi connectivity index (χ0n) is 23.3. The molecule has 21 nitrogen and oxygen atoms in total. The van der Waals surface area contributed by atoms with Crippen molar-refractivity contribution in [3.8, 4) is 0 Å². The molecule has 1 aliphatic rings. The molecule has 0 saturated carbocycles. The van der Waals surface area contributed by atoms with E-state index in [1.54, 1.807) is 14.2 Å². The number of methoxy groups -OCH3 is 2. The molecule has 0 aromatic carbocycles. The third-order valence-corrected chi connectivity index (χ3v) is 5.81. The van der Waals surface area contributed by atoms with Crippen LogP contribution >= 0.6 is 0 Å². The first-order valence-corrected chi connectivity index (χ1v) is 13.0. The van der Waals surface area contributed by atoms with Gasteiger partial charge in [0, 0.05) is 53.5 Å². The highest BCUT2D eigenvalue weighted by molar-refractivity contribution is 5.85. The van der Waals surface area contributed by atoms with E-state index in [4.69, 9.17) is 9.47 Å².